The van der Waals surface area contributed by atoms with Crippen molar-refractivity contribution < 1.29 is 9.59 Å². The van der Waals surface area contributed by atoms with Gasteiger partial charge in [0, 0.05) is 6.54 Å². The molecule has 5 heteroatoms. The molecule has 2 unspecified atom stereocenters. The topological polar surface area (TPSA) is 98.2 Å². The summed E-state index contributed by atoms with van der Waals surface area (Å²) in [5.74, 6) is -0.0760. The molecule has 0 rings (SSSR count). The summed E-state index contributed by atoms with van der Waals surface area (Å²) in [5.41, 5.74) is 10.7. The lowest BCUT2D eigenvalue weighted by Gasteiger charge is -2.19. The molecule has 1 amide bonds. The first-order chi connectivity index (χ1) is 6.88. The van der Waals surface area contributed by atoms with Crippen molar-refractivity contribution >= 4 is 11.7 Å². The monoisotopic (exact) mass is 215 g/mol. The van der Waals surface area contributed by atoms with Crippen LogP contribution in [0.15, 0.2) is 0 Å². The maximum Gasteiger partial charge on any atom is 0.238 e. The Kier molecular flexibility index (Phi) is 6.12. The average Bonchev–Trinajstić information content (AvgIpc) is 2.14. The summed E-state index contributed by atoms with van der Waals surface area (Å²) < 4.78 is 0. The van der Waals surface area contributed by atoms with Crippen LogP contribution in [0.2, 0.25) is 0 Å². The summed E-state index contributed by atoms with van der Waals surface area (Å²) >= 11 is 0. The molecular weight excluding hydrogens is 194 g/mol. The molecule has 0 fully saturated rings. The van der Waals surface area contributed by atoms with Gasteiger partial charge in [0.2, 0.25) is 5.91 Å². The third-order valence-electron chi connectivity index (χ3n) is 2.11. The van der Waals surface area contributed by atoms with Crippen LogP contribution in [0.3, 0.4) is 0 Å². The van der Waals surface area contributed by atoms with E-state index in [0.29, 0.717) is 12.3 Å². The zero-order valence-corrected chi connectivity index (χ0v) is 9.62. The second kappa shape index (κ2) is 6.53. The number of hydrogen-bond acceptors (Lipinski definition) is 4. The molecule has 88 valence electrons. The molecule has 0 aliphatic heterocycles. The first-order valence-corrected chi connectivity index (χ1v) is 5.15. The second-order valence-corrected chi connectivity index (χ2v) is 4.14. The number of ketones is 1. The van der Waals surface area contributed by atoms with E-state index in [-0.39, 0.29) is 18.2 Å². The van der Waals surface area contributed by atoms with Gasteiger partial charge in [0.15, 0.2) is 5.78 Å². The predicted octanol–water partition coefficient (Wildman–Crippen LogP) is -0.608. The van der Waals surface area contributed by atoms with Crippen molar-refractivity contribution in [1.82, 2.24) is 5.32 Å². The van der Waals surface area contributed by atoms with E-state index >= 15 is 0 Å². The van der Waals surface area contributed by atoms with Crippen LogP contribution in [0, 0.1) is 5.92 Å². The van der Waals surface area contributed by atoms with Gasteiger partial charge in [-0.2, -0.15) is 0 Å². The fourth-order valence-electron chi connectivity index (χ4n) is 1.18. The Balaban J connectivity index is 4.29. The predicted molar refractivity (Wildman–Crippen MR) is 59.1 cm³/mol. The number of Topliss-reactive ketones (excluding diaryl/α,β-unsaturated/α-hetero) is 1. The van der Waals surface area contributed by atoms with Gasteiger partial charge in [-0.15, -0.1) is 0 Å². The van der Waals surface area contributed by atoms with E-state index in [1.807, 2.05) is 13.8 Å². The lowest BCUT2D eigenvalue weighted by molar-refractivity contribution is -0.127. The van der Waals surface area contributed by atoms with Crippen LogP contribution < -0.4 is 16.8 Å². The van der Waals surface area contributed by atoms with Crippen LogP contribution in [0.1, 0.15) is 27.2 Å². The Bertz CT molecular complexity index is 229. The summed E-state index contributed by atoms with van der Waals surface area (Å²) in [7, 11) is 0. The van der Waals surface area contributed by atoms with Crippen molar-refractivity contribution in [2.75, 3.05) is 6.54 Å². The quantitative estimate of drug-likeness (QED) is 0.550. The van der Waals surface area contributed by atoms with Gasteiger partial charge < -0.3 is 16.8 Å². The molecule has 0 aromatic heterocycles. The maximum atomic E-state index is 11.4. The Morgan fingerprint density at radius 1 is 1.33 bits per heavy atom. The molecule has 0 aromatic rings. The van der Waals surface area contributed by atoms with Gasteiger partial charge in [0.25, 0.3) is 0 Å². The Hall–Kier alpha value is -0.940. The summed E-state index contributed by atoms with van der Waals surface area (Å²) in [5, 5.41) is 2.60. The summed E-state index contributed by atoms with van der Waals surface area (Å²) in [4.78, 5) is 22.6. The van der Waals surface area contributed by atoms with E-state index in [0.717, 1.165) is 0 Å². The van der Waals surface area contributed by atoms with Crippen molar-refractivity contribution in [3.8, 4) is 0 Å². The summed E-state index contributed by atoms with van der Waals surface area (Å²) in [6, 6.07) is -1.19. The minimum atomic E-state index is -0.737. The first kappa shape index (κ1) is 14.1. The summed E-state index contributed by atoms with van der Waals surface area (Å²) in [6.45, 7) is 5.52. The van der Waals surface area contributed by atoms with Crippen molar-refractivity contribution in [1.29, 1.82) is 0 Å². The fourth-order valence-corrected chi connectivity index (χ4v) is 1.18. The highest BCUT2D eigenvalue weighted by molar-refractivity contribution is 5.89. The van der Waals surface area contributed by atoms with Crippen molar-refractivity contribution in [3.05, 3.63) is 0 Å². The fraction of sp³-hybridized carbons (Fsp3) is 0.800. The Labute approximate surface area is 90.6 Å². The van der Waals surface area contributed by atoms with Gasteiger partial charge in [-0.1, -0.05) is 13.8 Å². The second-order valence-electron chi connectivity index (χ2n) is 4.14. The molecule has 0 saturated heterocycles. The van der Waals surface area contributed by atoms with E-state index in [1.165, 1.54) is 6.92 Å². The van der Waals surface area contributed by atoms with E-state index in [9.17, 15) is 9.59 Å². The lowest BCUT2D eigenvalue weighted by Crippen LogP contribution is -2.51. The van der Waals surface area contributed by atoms with E-state index in [4.69, 9.17) is 11.5 Å². The van der Waals surface area contributed by atoms with Gasteiger partial charge in [0.05, 0.1) is 12.1 Å². The SMILES string of the molecule is CC(=O)C(CC(C)C)NC(=O)C(N)CN. The molecule has 0 spiro atoms. The van der Waals surface area contributed by atoms with Crippen LogP contribution in [-0.4, -0.2) is 30.3 Å². The third kappa shape index (κ3) is 5.49. The number of amides is 1. The normalized spacial score (nSPS) is 14.8. The number of carbonyl (C=O) groups excluding carboxylic acids is 2. The van der Waals surface area contributed by atoms with Gasteiger partial charge in [0.1, 0.15) is 0 Å². The minimum Gasteiger partial charge on any atom is -0.345 e. The number of carbonyl (C=O) groups is 2. The molecule has 5 N–H and O–H groups in total. The summed E-state index contributed by atoms with van der Waals surface area (Å²) in [6.07, 6.45) is 0.623. The minimum absolute atomic E-state index is 0.0544. The van der Waals surface area contributed by atoms with Crippen LogP contribution in [0.4, 0.5) is 0 Å². The molecule has 2 atom stereocenters. The van der Waals surface area contributed by atoms with Gasteiger partial charge in [-0.05, 0) is 19.3 Å². The van der Waals surface area contributed by atoms with Crippen molar-refractivity contribution in [2.24, 2.45) is 17.4 Å². The lowest BCUT2D eigenvalue weighted by atomic mass is 10.0. The maximum absolute atomic E-state index is 11.4. The molecule has 0 aliphatic carbocycles. The smallest absolute Gasteiger partial charge is 0.238 e. The van der Waals surface area contributed by atoms with Gasteiger partial charge >= 0.3 is 0 Å². The average molecular weight is 215 g/mol. The van der Waals surface area contributed by atoms with Gasteiger partial charge in [-0.3, -0.25) is 9.59 Å². The highest BCUT2D eigenvalue weighted by Crippen LogP contribution is 2.05. The van der Waals surface area contributed by atoms with E-state index in [1.54, 1.807) is 0 Å². The molecule has 0 heterocycles. The molecule has 0 aromatic carbocycles. The highest BCUT2D eigenvalue weighted by atomic mass is 16.2. The van der Waals surface area contributed by atoms with E-state index < -0.39 is 12.1 Å². The molecule has 0 bridgehead atoms. The zero-order valence-electron chi connectivity index (χ0n) is 9.62. The first-order valence-electron chi connectivity index (χ1n) is 5.15. The van der Waals surface area contributed by atoms with Crippen LogP contribution in [0.25, 0.3) is 0 Å². The standard InChI is InChI=1S/C10H21N3O2/c1-6(2)4-9(7(3)14)13-10(15)8(12)5-11/h6,8-9H,4-5,11-12H2,1-3H3,(H,13,15). The van der Waals surface area contributed by atoms with Crippen LogP contribution in [0.5, 0.6) is 0 Å². The molecular formula is C10H21N3O2. The molecule has 0 aliphatic rings. The number of hydrogen-bond donors (Lipinski definition) is 3. The Morgan fingerprint density at radius 3 is 2.20 bits per heavy atom. The van der Waals surface area contributed by atoms with Gasteiger partial charge in [-0.25, -0.2) is 0 Å². The van der Waals surface area contributed by atoms with E-state index in [2.05, 4.69) is 5.32 Å². The third-order valence-corrected chi connectivity index (χ3v) is 2.11. The number of rotatable bonds is 6. The van der Waals surface area contributed by atoms with Crippen LogP contribution in [-0.2, 0) is 9.59 Å². The highest BCUT2D eigenvalue weighted by Gasteiger charge is 2.20. The number of nitrogens with one attached hydrogen (secondary N) is 1. The zero-order chi connectivity index (χ0) is 12.0. The number of nitrogens with two attached hydrogens (primary N) is 2. The van der Waals surface area contributed by atoms with Crippen molar-refractivity contribution in [2.45, 2.75) is 39.3 Å². The molecule has 0 saturated carbocycles. The molecule has 15 heavy (non-hydrogen) atoms. The van der Waals surface area contributed by atoms with Crippen LogP contribution >= 0.6 is 0 Å². The molecule has 5 nitrogen and oxygen atoms in total. The van der Waals surface area contributed by atoms with Crippen molar-refractivity contribution in [3.63, 3.8) is 0 Å². The Morgan fingerprint density at radius 2 is 1.87 bits per heavy atom. The largest absolute Gasteiger partial charge is 0.345 e. The molecule has 0 radical (unpaired) electrons.